The van der Waals surface area contributed by atoms with Crippen LogP contribution < -0.4 is 0 Å². The first kappa shape index (κ1) is 16.7. The molecule has 0 unspecified atom stereocenters. The van der Waals surface area contributed by atoms with Crippen LogP contribution in [0.15, 0.2) is 12.4 Å². The molecule has 0 spiro atoms. The van der Waals surface area contributed by atoms with Crippen LogP contribution in [0.2, 0.25) is 0 Å². The molecule has 2 nitrogen and oxygen atoms in total. The van der Waals surface area contributed by atoms with Crippen molar-refractivity contribution in [3.63, 3.8) is 0 Å². The van der Waals surface area contributed by atoms with Crippen molar-refractivity contribution in [2.24, 2.45) is 7.05 Å². The quantitative estimate of drug-likeness (QED) is 0.606. The molecule has 0 aliphatic rings. The molecule has 0 aliphatic carbocycles. The fourth-order valence-electron chi connectivity index (χ4n) is 2.05. The van der Waals surface area contributed by atoms with Crippen molar-refractivity contribution < 1.29 is 0 Å². The van der Waals surface area contributed by atoms with Gasteiger partial charge in [0, 0.05) is 25.9 Å². The molecule has 0 amide bonds. The van der Waals surface area contributed by atoms with Crippen LogP contribution in [0.1, 0.15) is 64.1 Å². The van der Waals surface area contributed by atoms with Gasteiger partial charge in [0.05, 0.1) is 0 Å². The maximum atomic E-state index is 4.34. The van der Waals surface area contributed by atoms with Crippen molar-refractivity contribution in [1.82, 2.24) is 9.55 Å². The summed E-state index contributed by atoms with van der Waals surface area (Å²) < 4.78 is 2.13. The van der Waals surface area contributed by atoms with Crippen LogP contribution in [-0.2, 0) is 13.5 Å². The summed E-state index contributed by atoms with van der Waals surface area (Å²) >= 11 is 0. The number of imidazole rings is 1. The molecular weight excluding hydrogens is 276 g/mol. The zero-order valence-corrected chi connectivity index (χ0v) is 13.0. The summed E-state index contributed by atoms with van der Waals surface area (Å²) in [5.74, 6) is 1.23. The van der Waals surface area contributed by atoms with Crippen molar-refractivity contribution in [3.8, 4) is 0 Å². The van der Waals surface area contributed by atoms with Crippen molar-refractivity contribution >= 4 is 17.0 Å². The lowest BCUT2D eigenvalue weighted by molar-refractivity contribution is 0.569. The minimum absolute atomic E-state index is 0. The monoisotopic (exact) mass is 302 g/mol. The van der Waals surface area contributed by atoms with E-state index in [1.54, 1.807) is 0 Å². The van der Waals surface area contributed by atoms with Gasteiger partial charge < -0.3 is 4.57 Å². The Morgan fingerprint density at radius 3 is 2.12 bits per heavy atom. The Bertz CT molecular complexity index is 271. The number of hydrogen-bond acceptors (Lipinski definition) is 1. The SMILES string of the molecule is Br.CCCCCCCCCCc1nccn1C. The molecule has 3 heteroatoms. The molecule has 1 heterocycles. The third-order valence-electron chi connectivity index (χ3n) is 3.17. The second kappa shape index (κ2) is 10.8. The molecule has 17 heavy (non-hydrogen) atoms. The van der Waals surface area contributed by atoms with E-state index in [0.717, 1.165) is 6.42 Å². The van der Waals surface area contributed by atoms with Crippen molar-refractivity contribution in [1.29, 1.82) is 0 Å². The van der Waals surface area contributed by atoms with E-state index in [0.29, 0.717) is 0 Å². The summed E-state index contributed by atoms with van der Waals surface area (Å²) in [6.45, 7) is 2.27. The molecule has 100 valence electrons. The van der Waals surface area contributed by atoms with Gasteiger partial charge in [-0.05, 0) is 6.42 Å². The van der Waals surface area contributed by atoms with E-state index in [4.69, 9.17) is 0 Å². The maximum absolute atomic E-state index is 4.34. The van der Waals surface area contributed by atoms with Gasteiger partial charge in [0.25, 0.3) is 0 Å². The zero-order chi connectivity index (χ0) is 11.6. The summed E-state index contributed by atoms with van der Waals surface area (Å²) in [6.07, 6.45) is 16.1. The smallest absolute Gasteiger partial charge is 0.108 e. The van der Waals surface area contributed by atoms with E-state index < -0.39 is 0 Å². The van der Waals surface area contributed by atoms with E-state index in [-0.39, 0.29) is 17.0 Å². The first-order valence-electron chi connectivity index (χ1n) is 6.80. The average molecular weight is 303 g/mol. The summed E-state index contributed by atoms with van der Waals surface area (Å²) in [4.78, 5) is 4.34. The second-order valence-corrected chi connectivity index (χ2v) is 4.68. The summed E-state index contributed by atoms with van der Waals surface area (Å²) in [5, 5.41) is 0. The van der Waals surface area contributed by atoms with E-state index in [9.17, 15) is 0 Å². The number of rotatable bonds is 9. The van der Waals surface area contributed by atoms with E-state index in [2.05, 4.69) is 23.5 Å². The molecule has 0 saturated carbocycles. The first-order chi connectivity index (χ1) is 7.84. The number of unbranched alkanes of at least 4 members (excludes halogenated alkanes) is 7. The average Bonchev–Trinajstić information content (AvgIpc) is 2.68. The molecule has 0 bridgehead atoms. The number of halogens is 1. The molecule has 1 aromatic heterocycles. The minimum atomic E-state index is 0. The second-order valence-electron chi connectivity index (χ2n) is 4.68. The minimum Gasteiger partial charge on any atom is -0.338 e. The topological polar surface area (TPSA) is 17.8 Å². The van der Waals surface area contributed by atoms with Gasteiger partial charge >= 0.3 is 0 Å². The Labute approximate surface area is 117 Å². The van der Waals surface area contributed by atoms with E-state index in [1.165, 1.54) is 57.2 Å². The predicted octanol–water partition coefficient (Wildman–Crippen LogP) is 4.68. The van der Waals surface area contributed by atoms with Gasteiger partial charge in [-0.3, -0.25) is 0 Å². The van der Waals surface area contributed by atoms with Crippen LogP contribution in [0.5, 0.6) is 0 Å². The molecule has 0 radical (unpaired) electrons. The standard InChI is InChI=1S/C14H26N2.BrH/c1-3-4-5-6-7-8-9-10-11-14-15-12-13-16(14)2;/h12-13H,3-11H2,1-2H3;1H. The summed E-state index contributed by atoms with van der Waals surface area (Å²) in [5.41, 5.74) is 0. The Morgan fingerprint density at radius 1 is 1.00 bits per heavy atom. The highest BCUT2D eigenvalue weighted by Gasteiger charge is 1.98. The van der Waals surface area contributed by atoms with Crippen molar-refractivity contribution in [2.45, 2.75) is 64.7 Å². The highest BCUT2D eigenvalue weighted by atomic mass is 79.9. The van der Waals surface area contributed by atoms with Gasteiger partial charge in [-0.15, -0.1) is 17.0 Å². The van der Waals surface area contributed by atoms with Crippen LogP contribution in [0.3, 0.4) is 0 Å². The van der Waals surface area contributed by atoms with Crippen LogP contribution >= 0.6 is 17.0 Å². The Hall–Kier alpha value is -0.310. The Kier molecular flexibility index (Phi) is 10.6. The van der Waals surface area contributed by atoms with Crippen LogP contribution in [0, 0.1) is 0 Å². The van der Waals surface area contributed by atoms with Crippen LogP contribution in [0.4, 0.5) is 0 Å². The fourth-order valence-corrected chi connectivity index (χ4v) is 2.05. The molecule has 1 aromatic rings. The number of hydrogen-bond donors (Lipinski definition) is 0. The number of aryl methyl sites for hydroxylation is 2. The summed E-state index contributed by atoms with van der Waals surface area (Å²) in [7, 11) is 2.08. The van der Waals surface area contributed by atoms with Gasteiger partial charge in [0.1, 0.15) is 5.82 Å². The van der Waals surface area contributed by atoms with E-state index in [1.807, 2.05) is 12.4 Å². The molecule has 0 atom stereocenters. The van der Waals surface area contributed by atoms with Gasteiger partial charge in [0.2, 0.25) is 0 Å². The van der Waals surface area contributed by atoms with Crippen molar-refractivity contribution in [2.75, 3.05) is 0 Å². The Balaban J connectivity index is 0.00000256. The highest BCUT2D eigenvalue weighted by Crippen LogP contribution is 2.10. The van der Waals surface area contributed by atoms with Gasteiger partial charge in [-0.1, -0.05) is 51.9 Å². The van der Waals surface area contributed by atoms with Gasteiger partial charge in [-0.2, -0.15) is 0 Å². The summed E-state index contributed by atoms with van der Waals surface area (Å²) in [6, 6.07) is 0. The van der Waals surface area contributed by atoms with E-state index >= 15 is 0 Å². The normalized spacial score (nSPS) is 10.2. The third kappa shape index (κ3) is 7.58. The fraction of sp³-hybridized carbons (Fsp3) is 0.786. The number of nitrogens with zero attached hydrogens (tertiary/aromatic N) is 2. The lowest BCUT2D eigenvalue weighted by Gasteiger charge is -2.02. The zero-order valence-electron chi connectivity index (χ0n) is 11.3. The van der Waals surface area contributed by atoms with Crippen molar-refractivity contribution in [3.05, 3.63) is 18.2 Å². The van der Waals surface area contributed by atoms with Gasteiger partial charge in [-0.25, -0.2) is 4.98 Å². The first-order valence-corrected chi connectivity index (χ1v) is 6.80. The molecule has 0 aliphatic heterocycles. The molecule has 0 saturated heterocycles. The Morgan fingerprint density at radius 2 is 1.59 bits per heavy atom. The highest BCUT2D eigenvalue weighted by molar-refractivity contribution is 8.93. The maximum Gasteiger partial charge on any atom is 0.108 e. The molecule has 0 fully saturated rings. The lowest BCUT2D eigenvalue weighted by Crippen LogP contribution is -1.96. The lowest BCUT2D eigenvalue weighted by atomic mass is 10.1. The van der Waals surface area contributed by atoms with Crippen LogP contribution in [-0.4, -0.2) is 9.55 Å². The predicted molar refractivity (Wildman–Crippen MR) is 79.8 cm³/mol. The molecule has 0 N–H and O–H groups in total. The molecule has 1 rings (SSSR count). The molecular formula is C14H27BrN2. The largest absolute Gasteiger partial charge is 0.338 e. The number of aromatic nitrogens is 2. The third-order valence-corrected chi connectivity index (χ3v) is 3.17. The van der Waals surface area contributed by atoms with Gasteiger partial charge in [0.15, 0.2) is 0 Å². The van der Waals surface area contributed by atoms with Crippen LogP contribution in [0.25, 0.3) is 0 Å². The molecule has 0 aromatic carbocycles.